The number of allylic oxidation sites excluding steroid dienone is 3. The largest absolute Gasteiger partial charge is 0.463 e. The molecule has 2 bridgehead atoms. The first kappa shape index (κ1) is 29.0. The van der Waals surface area contributed by atoms with Crippen molar-refractivity contribution in [3.63, 3.8) is 0 Å². The molecule has 38 heavy (non-hydrogen) atoms. The minimum absolute atomic E-state index is 0.0116. The molecular weight excluding hydrogens is 492 g/mol. The third kappa shape index (κ3) is 5.49. The lowest BCUT2D eigenvalue weighted by molar-refractivity contribution is -0.187. The lowest BCUT2D eigenvalue weighted by Crippen LogP contribution is -2.59. The van der Waals surface area contributed by atoms with E-state index in [1.165, 1.54) is 6.08 Å². The molecule has 1 spiro atoms. The number of aliphatic hydroxyl groups is 2. The predicted molar refractivity (Wildman–Crippen MR) is 138 cm³/mol. The Balaban J connectivity index is 1.67. The predicted octanol–water partition coefficient (Wildman–Crippen LogP) is 2.64. The van der Waals surface area contributed by atoms with Crippen LogP contribution < -0.4 is 0 Å². The van der Waals surface area contributed by atoms with Crippen molar-refractivity contribution in [1.82, 2.24) is 0 Å². The van der Waals surface area contributed by atoms with E-state index in [-0.39, 0.29) is 31.3 Å². The summed E-state index contributed by atoms with van der Waals surface area (Å²) in [5.41, 5.74) is -0.140. The average molecular weight is 535 g/mol. The number of cyclic esters (lactones) is 1. The van der Waals surface area contributed by atoms with Gasteiger partial charge in [0.2, 0.25) is 0 Å². The number of rotatable bonds is 3. The Bertz CT molecular complexity index is 965. The molecule has 3 heterocycles. The fourth-order valence-corrected chi connectivity index (χ4v) is 6.04. The highest BCUT2D eigenvalue weighted by Crippen LogP contribution is 2.65. The van der Waals surface area contributed by atoms with E-state index in [9.17, 15) is 19.8 Å². The molecule has 2 saturated heterocycles. The summed E-state index contributed by atoms with van der Waals surface area (Å²) in [7, 11) is 0. The van der Waals surface area contributed by atoms with Gasteiger partial charge in [0, 0.05) is 30.4 Å². The quantitative estimate of drug-likeness (QED) is 0.319. The number of epoxide rings is 1. The van der Waals surface area contributed by atoms with Crippen molar-refractivity contribution in [2.75, 3.05) is 19.8 Å². The lowest BCUT2D eigenvalue weighted by Gasteiger charge is -2.48. The maximum absolute atomic E-state index is 12.9. The standard InChI is InChI=1S/C29H42O9/c1-6-17(2)13-22-20-15-35-27(33)26(32)18(3)11-12-34-21(19(4)30)9-7-8-10-25(31)38-23-14-24(37-22)29(16-36-29)28(20,23)5/h7-10,13,18-24,26,30,32H,6,11-12,14-16H2,1-5H3/b9-7-,10-8-,17-13+/t18-,19-,20+,21+,22+,23+,24-,26-,28-,29-/m1/s1. The number of carbonyl (C=O) groups is 2. The summed E-state index contributed by atoms with van der Waals surface area (Å²) in [4.78, 5) is 25.8. The molecule has 0 unspecified atom stereocenters. The van der Waals surface area contributed by atoms with Gasteiger partial charge in [-0.15, -0.1) is 0 Å². The SMILES string of the molecule is CC/C(C)=C/[C@@H]1O[C@@H]2C[C@@H]3OC(=O)/C=C\C=C/[C@@H]([C@@H](C)O)OCC[C@@H](C)[C@@H](O)C(=O)OC[C@@H]1[C@@]3(C)[C@@]21CO1. The van der Waals surface area contributed by atoms with E-state index < -0.39 is 53.3 Å². The highest BCUT2D eigenvalue weighted by atomic mass is 16.6. The number of hydrogen-bond acceptors (Lipinski definition) is 9. The normalized spacial score (nSPS) is 44.9. The van der Waals surface area contributed by atoms with Gasteiger partial charge in [0.15, 0.2) is 6.10 Å². The molecule has 0 radical (unpaired) electrons. The van der Waals surface area contributed by atoms with E-state index in [1.54, 1.807) is 32.1 Å². The molecule has 9 heteroatoms. The fourth-order valence-electron chi connectivity index (χ4n) is 6.04. The Hall–Kier alpha value is -2.04. The van der Waals surface area contributed by atoms with Crippen LogP contribution in [-0.4, -0.2) is 84.2 Å². The molecule has 1 aliphatic carbocycles. The van der Waals surface area contributed by atoms with E-state index in [1.807, 2.05) is 13.8 Å². The summed E-state index contributed by atoms with van der Waals surface area (Å²) in [6.07, 6.45) is 6.12. The maximum Gasteiger partial charge on any atom is 0.335 e. The van der Waals surface area contributed by atoms with Crippen LogP contribution in [0.4, 0.5) is 0 Å². The van der Waals surface area contributed by atoms with Gasteiger partial charge in [-0.05, 0) is 32.6 Å². The van der Waals surface area contributed by atoms with Crippen molar-refractivity contribution in [3.05, 3.63) is 36.0 Å². The second-order valence-electron chi connectivity index (χ2n) is 11.3. The van der Waals surface area contributed by atoms with Gasteiger partial charge < -0.3 is 33.9 Å². The summed E-state index contributed by atoms with van der Waals surface area (Å²) in [5, 5.41) is 20.7. The number of carbonyl (C=O) groups excluding carboxylic acids is 2. The molecule has 9 nitrogen and oxygen atoms in total. The van der Waals surface area contributed by atoms with Crippen LogP contribution in [0.2, 0.25) is 0 Å². The smallest absolute Gasteiger partial charge is 0.335 e. The molecule has 0 aromatic heterocycles. The summed E-state index contributed by atoms with van der Waals surface area (Å²) in [5.74, 6) is -1.99. The van der Waals surface area contributed by atoms with Crippen molar-refractivity contribution in [2.45, 2.75) is 96.1 Å². The molecule has 0 amide bonds. The van der Waals surface area contributed by atoms with Crippen LogP contribution in [-0.2, 0) is 33.3 Å². The fraction of sp³-hybridized carbons (Fsp3) is 0.724. The minimum Gasteiger partial charge on any atom is -0.463 e. The first-order valence-electron chi connectivity index (χ1n) is 13.7. The van der Waals surface area contributed by atoms with Gasteiger partial charge >= 0.3 is 11.9 Å². The number of aliphatic hydroxyl groups excluding tert-OH is 2. The van der Waals surface area contributed by atoms with E-state index in [0.29, 0.717) is 19.4 Å². The van der Waals surface area contributed by atoms with Crippen LogP contribution in [0.15, 0.2) is 36.0 Å². The topological polar surface area (TPSA) is 124 Å². The van der Waals surface area contributed by atoms with E-state index >= 15 is 0 Å². The van der Waals surface area contributed by atoms with Crippen LogP contribution >= 0.6 is 0 Å². The Morgan fingerprint density at radius 1 is 1.26 bits per heavy atom. The third-order valence-electron chi connectivity index (χ3n) is 8.93. The molecule has 4 rings (SSSR count). The molecule has 0 aromatic rings. The van der Waals surface area contributed by atoms with Crippen LogP contribution in [0.5, 0.6) is 0 Å². The molecule has 3 fully saturated rings. The van der Waals surface area contributed by atoms with Gasteiger partial charge in [-0.25, -0.2) is 9.59 Å². The van der Waals surface area contributed by atoms with Crippen LogP contribution in [0.1, 0.15) is 53.9 Å². The monoisotopic (exact) mass is 534 g/mol. The Morgan fingerprint density at radius 3 is 2.66 bits per heavy atom. The molecule has 10 atom stereocenters. The molecular formula is C29H42O9. The maximum atomic E-state index is 12.9. The molecule has 212 valence electrons. The lowest BCUT2D eigenvalue weighted by atomic mass is 9.64. The molecule has 0 aromatic carbocycles. The molecule has 4 aliphatic rings. The van der Waals surface area contributed by atoms with Gasteiger partial charge in [0.05, 0.1) is 31.5 Å². The van der Waals surface area contributed by atoms with Crippen LogP contribution in [0.25, 0.3) is 0 Å². The highest BCUT2D eigenvalue weighted by Gasteiger charge is 2.78. The van der Waals surface area contributed by atoms with E-state index in [2.05, 4.69) is 13.0 Å². The summed E-state index contributed by atoms with van der Waals surface area (Å²) < 4.78 is 30.0. The Kier molecular flexibility index (Phi) is 8.84. The molecule has 3 aliphatic heterocycles. The molecule has 1 saturated carbocycles. The van der Waals surface area contributed by atoms with Crippen LogP contribution in [0.3, 0.4) is 0 Å². The summed E-state index contributed by atoms with van der Waals surface area (Å²) >= 11 is 0. The second-order valence-corrected chi connectivity index (χ2v) is 11.3. The van der Waals surface area contributed by atoms with Gasteiger partial charge in [0.25, 0.3) is 0 Å². The zero-order chi connectivity index (χ0) is 27.7. The number of hydrogen-bond donors (Lipinski definition) is 2. The third-order valence-corrected chi connectivity index (χ3v) is 8.93. The van der Waals surface area contributed by atoms with E-state index in [4.69, 9.17) is 23.7 Å². The number of ether oxygens (including phenoxy) is 5. The number of esters is 2. The van der Waals surface area contributed by atoms with Crippen molar-refractivity contribution in [1.29, 1.82) is 0 Å². The van der Waals surface area contributed by atoms with Gasteiger partial charge in [-0.3, -0.25) is 0 Å². The zero-order valence-corrected chi connectivity index (χ0v) is 23.0. The van der Waals surface area contributed by atoms with Gasteiger partial charge in [-0.1, -0.05) is 50.6 Å². The zero-order valence-electron chi connectivity index (χ0n) is 23.0. The first-order chi connectivity index (χ1) is 18.0. The first-order valence-corrected chi connectivity index (χ1v) is 13.7. The summed E-state index contributed by atoms with van der Waals surface area (Å²) in [6, 6.07) is 0. The minimum atomic E-state index is -1.33. The van der Waals surface area contributed by atoms with Gasteiger partial charge in [-0.2, -0.15) is 0 Å². The summed E-state index contributed by atoms with van der Waals surface area (Å²) in [6.45, 7) is 10.2. The Labute approximate surface area is 224 Å². The van der Waals surface area contributed by atoms with Gasteiger partial charge in [0.1, 0.15) is 17.8 Å². The highest BCUT2D eigenvalue weighted by molar-refractivity contribution is 5.82. The molecule has 2 N–H and O–H groups in total. The van der Waals surface area contributed by atoms with Crippen molar-refractivity contribution in [3.8, 4) is 0 Å². The van der Waals surface area contributed by atoms with Crippen LogP contribution in [0, 0.1) is 17.3 Å². The van der Waals surface area contributed by atoms with Crippen molar-refractivity contribution >= 4 is 11.9 Å². The average Bonchev–Trinajstić information content (AvgIpc) is 3.66. The van der Waals surface area contributed by atoms with Crippen molar-refractivity contribution < 1.29 is 43.5 Å². The Morgan fingerprint density at radius 2 is 2.00 bits per heavy atom. The van der Waals surface area contributed by atoms with Crippen molar-refractivity contribution in [2.24, 2.45) is 17.3 Å². The van der Waals surface area contributed by atoms with E-state index in [0.717, 1.165) is 12.0 Å². The second kappa shape index (κ2) is 11.6.